The maximum absolute atomic E-state index is 9.13. The maximum Gasteiger partial charge on any atom is 0.496 e. The number of nitriles is 1. The Labute approximate surface area is 108 Å². The maximum atomic E-state index is 9.13. The normalized spacial score (nSPS) is 20.7. The molecule has 18 heavy (non-hydrogen) atoms. The van der Waals surface area contributed by atoms with Gasteiger partial charge in [0.2, 0.25) is 0 Å². The molecule has 0 spiro atoms. The van der Waals surface area contributed by atoms with E-state index in [1.54, 1.807) is 18.2 Å². The molecule has 4 nitrogen and oxygen atoms in total. The van der Waals surface area contributed by atoms with Crippen molar-refractivity contribution in [3.8, 4) is 6.07 Å². The van der Waals surface area contributed by atoms with Gasteiger partial charge in [-0.05, 0) is 45.9 Å². The van der Waals surface area contributed by atoms with E-state index < -0.39 is 18.3 Å². The van der Waals surface area contributed by atoms with Crippen LogP contribution in [0.1, 0.15) is 33.3 Å². The number of nitrogens with two attached hydrogens (primary N) is 1. The van der Waals surface area contributed by atoms with Gasteiger partial charge in [-0.25, -0.2) is 0 Å². The van der Waals surface area contributed by atoms with Crippen LogP contribution in [0, 0.1) is 11.3 Å². The van der Waals surface area contributed by atoms with E-state index in [0.717, 1.165) is 0 Å². The summed E-state index contributed by atoms with van der Waals surface area (Å²) in [6, 6.07) is 7.27. The molecule has 1 saturated heterocycles. The zero-order valence-corrected chi connectivity index (χ0v) is 11.2. The number of anilines is 1. The van der Waals surface area contributed by atoms with Gasteiger partial charge in [0.1, 0.15) is 0 Å². The lowest BCUT2D eigenvalue weighted by molar-refractivity contribution is 0.00578. The molecule has 2 N–H and O–H groups in total. The second-order valence-electron chi connectivity index (χ2n) is 5.55. The Bertz CT molecular complexity index is 504. The number of hydrogen-bond acceptors (Lipinski definition) is 4. The van der Waals surface area contributed by atoms with Crippen LogP contribution in [0.15, 0.2) is 18.2 Å². The van der Waals surface area contributed by atoms with Crippen molar-refractivity contribution in [1.82, 2.24) is 0 Å². The third-order valence-corrected chi connectivity index (χ3v) is 3.70. The number of nitrogens with zero attached hydrogens (tertiary/aromatic N) is 1. The van der Waals surface area contributed by atoms with Crippen LogP contribution in [0.5, 0.6) is 0 Å². The third kappa shape index (κ3) is 1.98. The minimum Gasteiger partial charge on any atom is -0.399 e. The van der Waals surface area contributed by atoms with E-state index in [1.165, 1.54) is 0 Å². The van der Waals surface area contributed by atoms with E-state index in [9.17, 15) is 0 Å². The second kappa shape index (κ2) is 4.01. The van der Waals surface area contributed by atoms with Gasteiger partial charge in [-0.1, -0.05) is 0 Å². The third-order valence-electron chi connectivity index (χ3n) is 3.70. The number of nitrogen functional groups attached to an aromatic ring is 1. The van der Waals surface area contributed by atoms with Crippen molar-refractivity contribution in [3.63, 3.8) is 0 Å². The van der Waals surface area contributed by atoms with Crippen molar-refractivity contribution in [1.29, 1.82) is 5.26 Å². The van der Waals surface area contributed by atoms with Crippen LogP contribution >= 0.6 is 0 Å². The molecule has 94 valence electrons. The van der Waals surface area contributed by atoms with Gasteiger partial charge < -0.3 is 15.0 Å². The fourth-order valence-corrected chi connectivity index (χ4v) is 1.85. The zero-order chi connectivity index (χ0) is 13.6. The van der Waals surface area contributed by atoms with Crippen molar-refractivity contribution in [3.05, 3.63) is 23.8 Å². The Hall–Kier alpha value is -1.51. The van der Waals surface area contributed by atoms with E-state index >= 15 is 0 Å². The van der Waals surface area contributed by atoms with Gasteiger partial charge in [0, 0.05) is 11.2 Å². The Balaban J connectivity index is 2.41. The molecule has 1 aliphatic heterocycles. The molecular formula is C13H17BN2O2. The van der Waals surface area contributed by atoms with Gasteiger partial charge in [-0.2, -0.15) is 5.26 Å². The molecule has 1 aromatic carbocycles. The molecule has 1 heterocycles. The first-order valence-corrected chi connectivity index (χ1v) is 5.92. The highest BCUT2D eigenvalue weighted by atomic mass is 16.7. The molecule has 0 saturated carbocycles. The standard InChI is InChI=1S/C13H17BN2O2/c1-12(2)13(3,4)18-14(17-12)11-7-10(16)6-5-9(11)8-15/h5-7H,16H2,1-4H3. The second-order valence-corrected chi connectivity index (χ2v) is 5.55. The fourth-order valence-electron chi connectivity index (χ4n) is 1.85. The molecule has 0 unspecified atom stereocenters. The lowest BCUT2D eigenvalue weighted by atomic mass is 9.76. The minimum atomic E-state index is -0.548. The minimum absolute atomic E-state index is 0.422. The number of hydrogen-bond donors (Lipinski definition) is 1. The van der Waals surface area contributed by atoms with Gasteiger partial charge >= 0.3 is 7.12 Å². The lowest BCUT2D eigenvalue weighted by Gasteiger charge is -2.32. The van der Waals surface area contributed by atoms with Crippen molar-refractivity contribution in [2.45, 2.75) is 38.9 Å². The molecule has 0 bridgehead atoms. The summed E-state index contributed by atoms with van der Waals surface area (Å²) in [5, 5.41) is 9.13. The number of rotatable bonds is 1. The molecular weight excluding hydrogens is 227 g/mol. The highest BCUT2D eigenvalue weighted by molar-refractivity contribution is 6.63. The van der Waals surface area contributed by atoms with Crippen LogP contribution in [0.4, 0.5) is 5.69 Å². The average Bonchev–Trinajstić information content (AvgIpc) is 2.48. The summed E-state index contributed by atoms with van der Waals surface area (Å²) in [4.78, 5) is 0. The Kier molecular flexibility index (Phi) is 2.88. The Morgan fingerprint density at radius 3 is 2.22 bits per heavy atom. The van der Waals surface area contributed by atoms with Crippen molar-refractivity contribution in [2.24, 2.45) is 0 Å². The van der Waals surface area contributed by atoms with Crippen LogP contribution in [0.2, 0.25) is 0 Å². The van der Waals surface area contributed by atoms with E-state index in [2.05, 4.69) is 6.07 Å². The zero-order valence-electron chi connectivity index (χ0n) is 11.2. The van der Waals surface area contributed by atoms with Crippen LogP contribution in [0.3, 0.4) is 0 Å². The summed E-state index contributed by atoms with van der Waals surface area (Å²) in [5.41, 5.74) is 6.74. The highest BCUT2D eigenvalue weighted by Gasteiger charge is 2.52. The molecule has 0 radical (unpaired) electrons. The van der Waals surface area contributed by atoms with E-state index in [1.807, 2.05) is 27.7 Å². The van der Waals surface area contributed by atoms with Gasteiger partial charge in [0.05, 0.1) is 22.8 Å². The van der Waals surface area contributed by atoms with Crippen molar-refractivity contribution < 1.29 is 9.31 Å². The van der Waals surface area contributed by atoms with Gasteiger partial charge in [-0.3, -0.25) is 0 Å². The summed E-state index contributed by atoms with van der Waals surface area (Å²) in [5.74, 6) is 0. The van der Waals surface area contributed by atoms with Crippen LogP contribution in [0.25, 0.3) is 0 Å². The lowest BCUT2D eigenvalue weighted by Crippen LogP contribution is -2.41. The van der Waals surface area contributed by atoms with Crippen LogP contribution < -0.4 is 11.2 Å². The van der Waals surface area contributed by atoms with Crippen LogP contribution in [-0.4, -0.2) is 18.3 Å². The first-order chi connectivity index (χ1) is 8.27. The van der Waals surface area contributed by atoms with E-state index in [-0.39, 0.29) is 0 Å². The average molecular weight is 244 g/mol. The molecule has 1 aliphatic rings. The first-order valence-electron chi connectivity index (χ1n) is 5.92. The largest absolute Gasteiger partial charge is 0.496 e. The molecule has 5 heteroatoms. The van der Waals surface area contributed by atoms with Crippen LogP contribution in [-0.2, 0) is 9.31 Å². The molecule has 1 aromatic rings. The molecule has 2 rings (SSSR count). The summed E-state index contributed by atoms with van der Waals surface area (Å²) in [6.45, 7) is 7.91. The van der Waals surface area contributed by atoms with Gasteiger partial charge in [0.25, 0.3) is 0 Å². The van der Waals surface area contributed by atoms with E-state index in [4.69, 9.17) is 20.3 Å². The highest BCUT2D eigenvalue weighted by Crippen LogP contribution is 2.36. The molecule has 0 aromatic heterocycles. The Morgan fingerprint density at radius 2 is 1.72 bits per heavy atom. The van der Waals surface area contributed by atoms with Crippen molar-refractivity contribution >= 4 is 18.3 Å². The number of benzene rings is 1. The molecule has 1 fully saturated rings. The Morgan fingerprint density at radius 1 is 1.17 bits per heavy atom. The van der Waals surface area contributed by atoms with E-state index in [0.29, 0.717) is 16.7 Å². The smallest absolute Gasteiger partial charge is 0.399 e. The predicted octanol–water partition coefficient (Wildman–Crippen LogP) is 1.44. The van der Waals surface area contributed by atoms with Gasteiger partial charge in [0.15, 0.2) is 0 Å². The molecule has 0 amide bonds. The molecule has 0 atom stereocenters. The van der Waals surface area contributed by atoms with Crippen molar-refractivity contribution in [2.75, 3.05) is 5.73 Å². The monoisotopic (exact) mass is 244 g/mol. The summed E-state index contributed by atoms with van der Waals surface area (Å²) in [6.07, 6.45) is 0. The topological polar surface area (TPSA) is 68.3 Å². The predicted molar refractivity (Wildman–Crippen MR) is 71.3 cm³/mol. The first kappa shape index (κ1) is 12.9. The summed E-state index contributed by atoms with van der Waals surface area (Å²) < 4.78 is 11.8. The quantitative estimate of drug-likeness (QED) is 0.599. The SMILES string of the molecule is CC1(C)OB(c2cc(N)ccc2C#N)OC1(C)C. The summed E-state index contributed by atoms with van der Waals surface area (Å²) in [7, 11) is -0.548. The van der Waals surface area contributed by atoms with Gasteiger partial charge in [-0.15, -0.1) is 0 Å². The fraction of sp³-hybridized carbons (Fsp3) is 0.462. The molecule has 0 aliphatic carbocycles. The summed E-state index contributed by atoms with van der Waals surface area (Å²) >= 11 is 0.